The molecule has 0 saturated heterocycles. The van der Waals surface area contributed by atoms with Crippen LogP contribution in [0.15, 0.2) is 35.5 Å². The topological polar surface area (TPSA) is 67.4 Å². The predicted octanol–water partition coefficient (Wildman–Crippen LogP) is 3.68. The quantitative estimate of drug-likeness (QED) is 0.809. The first-order valence-electron chi connectivity index (χ1n) is 7.82. The van der Waals surface area contributed by atoms with E-state index in [0.717, 1.165) is 6.07 Å². The zero-order valence-corrected chi connectivity index (χ0v) is 14.0. The third-order valence-electron chi connectivity index (χ3n) is 3.65. The minimum Gasteiger partial charge on any atom is -0.459 e. The third-order valence-corrected chi connectivity index (χ3v) is 3.65. The Morgan fingerprint density at radius 2 is 1.92 bits per heavy atom. The Kier molecular flexibility index (Phi) is 5.39. The molecular formula is C17H19F3N2O3. The van der Waals surface area contributed by atoms with Gasteiger partial charge in [-0.1, -0.05) is 25.1 Å². The minimum absolute atomic E-state index is 0.0208. The van der Waals surface area contributed by atoms with Crippen molar-refractivity contribution < 1.29 is 27.5 Å². The summed E-state index contributed by atoms with van der Waals surface area (Å²) in [6.07, 6.45) is -4.80. The van der Waals surface area contributed by atoms with Crippen LogP contribution in [0, 0.1) is 0 Å². The fraction of sp³-hybridized carbons (Fsp3) is 0.412. The molecule has 2 amide bonds. The number of benzene rings is 1. The predicted molar refractivity (Wildman–Crippen MR) is 84.4 cm³/mol. The molecular weight excluding hydrogens is 337 g/mol. The van der Waals surface area contributed by atoms with Crippen LogP contribution >= 0.6 is 0 Å². The van der Waals surface area contributed by atoms with Gasteiger partial charge < -0.3 is 15.4 Å². The van der Waals surface area contributed by atoms with Crippen LogP contribution in [0.5, 0.6) is 0 Å². The maximum Gasteiger partial charge on any atom is 0.416 e. The molecule has 0 radical (unpaired) electrons. The molecule has 1 aliphatic heterocycles. The van der Waals surface area contributed by atoms with Crippen LogP contribution in [0.25, 0.3) is 0 Å². The highest BCUT2D eigenvalue weighted by Gasteiger charge is 2.40. The van der Waals surface area contributed by atoms with E-state index in [1.165, 1.54) is 18.2 Å². The molecule has 1 unspecified atom stereocenters. The van der Waals surface area contributed by atoms with Gasteiger partial charge in [0.25, 0.3) is 0 Å². The van der Waals surface area contributed by atoms with Gasteiger partial charge in [-0.3, -0.25) is 0 Å². The average molecular weight is 356 g/mol. The van der Waals surface area contributed by atoms with Gasteiger partial charge in [-0.15, -0.1) is 0 Å². The lowest BCUT2D eigenvalue weighted by atomic mass is 9.91. The Morgan fingerprint density at radius 1 is 1.28 bits per heavy atom. The van der Waals surface area contributed by atoms with Crippen LogP contribution in [0.2, 0.25) is 0 Å². The lowest BCUT2D eigenvalue weighted by Crippen LogP contribution is -2.46. The van der Waals surface area contributed by atoms with Gasteiger partial charge >= 0.3 is 18.2 Å². The number of rotatable bonds is 4. The molecule has 0 aliphatic carbocycles. The van der Waals surface area contributed by atoms with Crippen molar-refractivity contribution >= 4 is 12.0 Å². The van der Waals surface area contributed by atoms with E-state index < -0.39 is 35.9 Å². The van der Waals surface area contributed by atoms with Crippen LogP contribution in [0.3, 0.4) is 0 Å². The summed E-state index contributed by atoms with van der Waals surface area (Å²) >= 11 is 0. The maximum atomic E-state index is 13.4. The number of alkyl halides is 3. The van der Waals surface area contributed by atoms with Crippen LogP contribution in [-0.4, -0.2) is 18.1 Å². The van der Waals surface area contributed by atoms with E-state index in [1.807, 2.05) is 0 Å². The summed E-state index contributed by atoms with van der Waals surface area (Å²) in [5.41, 5.74) is -0.886. The van der Waals surface area contributed by atoms with Crippen molar-refractivity contribution in [3.8, 4) is 0 Å². The average Bonchev–Trinajstić information content (AvgIpc) is 2.52. The zero-order chi connectivity index (χ0) is 18.8. The molecule has 1 atom stereocenters. The van der Waals surface area contributed by atoms with Crippen molar-refractivity contribution in [2.45, 2.75) is 45.5 Å². The summed E-state index contributed by atoms with van der Waals surface area (Å²) in [6, 6.07) is 2.93. The Labute approximate surface area is 143 Å². The van der Waals surface area contributed by atoms with Crippen LogP contribution in [0.1, 0.15) is 44.4 Å². The Balaban J connectivity index is 2.61. The number of halogens is 3. The van der Waals surface area contributed by atoms with Gasteiger partial charge in [0.2, 0.25) is 0 Å². The molecule has 0 bridgehead atoms. The summed E-state index contributed by atoms with van der Waals surface area (Å²) in [7, 11) is 0. The summed E-state index contributed by atoms with van der Waals surface area (Å²) in [6.45, 7) is 4.96. The van der Waals surface area contributed by atoms with Crippen molar-refractivity contribution in [3.05, 3.63) is 46.7 Å². The molecule has 2 rings (SSSR count). The number of carbonyl (C=O) groups excluding carboxylic acids is 2. The molecule has 0 spiro atoms. The van der Waals surface area contributed by atoms with Crippen molar-refractivity contribution in [1.82, 2.24) is 10.6 Å². The van der Waals surface area contributed by atoms with E-state index in [-0.39, 0.29) is 23.3 Å². The zero-order valence-electron chi connectivity index (χ0n) is 14.0. The standard InChI is InChI=1S/C17H19F3N2O3/c1-4-12-13(15(23)25-9(2)3)14(22-16(24)21-12)10-7-5-6-8-11(10)17(18,19)20/h5-9,14H,4H2,1-3H3,(H2,21,22,24). The van der Waals surface area contributed by atoms with Crippen LogP contribution in [-0.2, 0) is 15.7 Å². The van der Waals surface area contributed by atoms with E-state index in [1.54, 1.807) is 20.8 Å². The van der Waals surface area contributed by atoms with Gasteiger partial charge in [-0.2, -0.15) is 13.2 Å². The molecule has 1 aromatic carbocycles. The highest BCUT2D eigenvalue weighted by Crippen LogP contribution is 2.38. The summed E-state index contributed by atoms with van der Waals surface area (Å²) < 4.78 is 45.2. The number of ether oxygens (including phenoxy) is 1. The first-order chi connectivity index (χ1) is 11.6. The second-order valence-electron chi connectivity index (χ2n) is 5.82. The highest BCUT2D eigenvalue weighted by molar-refractivity contribution is 5.95. The van der Waals surface area contributed by atoms with Crippen molar-refractivity contribution in [2.75, 3.05) is 0 Å². The molecule has 0 aromatic heterocycles. The lowest BCUT2D eigenvalue weighted by Gasteiger charge is -2.31. The maximum absolute atomic E-state index is 13.4. The number of nitrogens with one attached hydrogen (secondary N) is 2. The van der Waals surface area contributed by atoms with Gasteiger partial charge in [0.15, 0.2) is 0 Å². The van der Waals surface area contributed by atoms with Gasteiger partial charge in [-0.25, -0.2) is 9.59 Å². The lowest BCUT2D eigenvalue weighted by molar-refractivity contribution is -0.144. The highest BCUT2D eigenvalue weighted by atomic mass is 19.4. The first-order valence-corrected chi connectivity index (χ1v) is 7.82. The van der Waals surface area contributed by atoms with Crippen molar-refractivity contribution in [3.63, 3.8) is 0 Å². The summed E-state index contributed by atoms with van der Waals surface area (Å²) in [5, 5.41) is 4.88. The number of hydrogen-bond acceptors (Lipinski definition) is 3. The van der Waals surface area contributed by atoms with Crippen molar-refractivity contribution in [2.24, 2.45) is 0 Å². The third kappa shape index (κ3) is 4.12. The Bertz CT molecular complexity index is 711. The molecule has 1 aliphatic rings. The SMILES string of the molecule is CCC1=C(C(=O)OC(C)C)C(c2ccccc2C(F)(F)F)NC(=O)N1. The molecule has 136 valence electrons. The van der Waals surface area contributed by atoms with Crippen molar-refractivity contribution in [1.29, 1.82) is 0 Å². The summed E-state index contributed by atoms with van der Waals surface area (Å²) in [4.78, 5) is 24.4. The molecule has 1 heterocycles. The van der Waals surface area contributed by atoms with E-state index in [2.05, 4.69) is 10.6 Å². The Morgan fingerprint density at radius 3 is 2.48 bits per heavy atom. The molecule has 0 saturated carbocycles. The normalized spacial score (nSPS) is 18.0. The van der Waals surface area contributed by atoms with Crippen LogP contribution in [0.4, 0.5) is 18.0 Å². The molecule has 2 N–H and O–H groups in total. The Hall–Kier alpha value is -2.51. The molecule has 0 fully saturated rings. The number of esters is 1. The van der Waals surface area contributed by atoms with Gasteiger partial charge in [0, 0.05) is 5.70 Å². The van der Waals surface area contributed by atoms with E-state index >= 15 is 0 Å². The molecule has 8 heteroatoms. The second-order valence-corrected chi connectivity index (χ2v) is 5.82. The number of carbonyl (C=O) groups is 2. The summed E-state index contributed by atoms with van der Waals surface area (Å²) in [5.74, 6) is -0.763. The van der Waals surface area contributed by atoms with Crippen LogP contribution < -0.4 is 10.6 Å². The molecule has 25 heavy (non-hydrogen) atoms. The molecule has 5 nitrogen and oxygen atoms in total. The number of amides is 2. The first kappa shape index (κ1) is 18.8. The fourth-order valence-corrected chi connectivity index (χ4v) is 2.66. The van der Waals surface area contributed by atoms with Gasteiger partial charge in [-0.05, 0) is 31.9 Å². The van der Waals surface area contributed by atoms with E-state index in [0.29, 0.717) is 0 Å². The van der Waals surface area contributed by atoms with Gasteiger partial charge in [0.1, 0.15) is 0 Å². The van der Waals surface area contributed by atoms with E-state index in [9.17, 15) is 22.8 Å². The second kappa shape index (κ2) is 7.16. The van der Waals surface area contributed by atoms with E-state index in [4.69, 9.17) is 4.74 Å². The number of allylic oxidation sites excluding steroid dienone is 1. The smallest absolute Gasteiger partial charge is 0.416 e. The monoisotopic (exact) mass is 356 g/mol. The largest absolute Gasteiger partial charge is 0.459 e. The minimum atomic E-state index is -4.62. The fourth-order valence-electron chi connectivity index (χ4n) is 2.66. The number of urea groups is 1. The number of hydrogen-bond donors (Lipinski definition) is 2. The molecule has 1 aromatic rings. The van der Waals surface area contributed by atoms with Gasteiger partial charge in [0.05, 0.1) is 23.3 Å².